The lowest BCUT2D eigenvalue weighted by Crippen LogP contribution is -2.43. The van der Waals surface area contributed by atoms with Gasteiger partial charge in [-0.15, -0.1) is 0 Å². The number of rotatable bonds is 4. The van der Waals surface area contributed by atoms with Gasteiger partial charge in [0.25, 0.3) is 0 Å². The second-order valence-corrected chi connectivity index (χ2v) is 6.46. The summed E-state index contributed by atoms with van der Waals surface area (Å²) < 4.78 is 26.0. The highest BCUT2D eigenvalue weighted by molar-refractivity contribution is 7.89. The molecule has 1 aromatic rings. The number of likely N-dealkylation sites (N-methyl/N-ethyl adjacent to an activating group) is 1. The lowest BCUT2D eigenvalue weighted by atomic mass is 10.2. The van der Waals surface area contributed by atoms with Crippen LogP contribution in [0.5, 0.6) is 0 Å². The van der Waals surface area contributed by atoms with Crippen molar-refractivity contribution in [2.45, 2.75) is 31.7 Å². The molecule has 0 radical (unpaired) electrons. The molecule has 0 amide bonds. The number of sulfonamides is 1. The van der Waals surface area contributed by atoms with Gasteiger partial charge < -0.3 is 10.9 Å². The van der Waals surface area contributed by atoms with Crippen molar-refractivity contribution >= 4 is 15.9 Å². The van der Waals surface area contributed by atoms with Crippen LogP contribution in [0.25, 0.3) is 0 Å². The SMILES string of the molecule is Cc1ccc(S(=O)(=O)N(C)C(C)C(N)=NO)c(C)c1. The molecular weight excluding hydrogens is 266 g/mol. The minimum Gasteiger partial charge on any atom is -0.409 e. The standard InChI is InChI=1S/C12H19N3O3S/c1-8-5-6-11(9(2)7-8)19(17,18)15(4)10(3)12(13)14-16/h5-7,10,16H,1-4H3,(H2,13,14). The van der Waals surface area contributed by atoms with E-state index in [4.69, 9.17) is 10.9 Å². The smallest absolute Gasteiger partial charge is 0.243 e. The van der Waals surface area contributed by atoms with Crippen LogP contribution in [-0.4, -0.2) is 36.9 Å². The van der Waals surface area contributed by atoms with Gasteiger partial charge in [0, 0.05) is 7.05 Å². The molecule has 0 aromatic heterocycles. The molecule has 0 aliphatic carbocycles. The Balaban J connectivity index is 3.24. The molecular formula is C12H19N3O3S. The average molecular weight is 285 g/mol. The van der Waals surface area contributed by atoms with E-state index in [1.807, 2.05) is 6.92 Å². The normalized spacial score (nSPS) is 14.7. The zero-order valence-corrected chi connectivity index (χ0v) is 12.3. The summed E-state index contributed by atoms with van der Waals surface area (Å²) in [5.74, 6) is -0.157. The molecule has 0 spiro atoms. The van der Waals surface area contributed by atoms with Crippen molar-refractivity contribution in [3.05, 3.63) is 29.3 Å². The summed E-state index contributed by atoms with van der Waals surface area (Å²) in [6.45, 7) is 5.18. The van der Waals surface area contributed by atoms with Gasteiger partial charge in [-0.2, -0.15) is 4.31 Å². The number of benzene rings is 1. The maximum absolute atomic E-state index is 12.5. The van der Waals surface area contributed by atoms with Gasteiger partial charge in [0.2, 0.25) is 10.0 Å². The number of oxime groups is 1. The molecule has 0 bridgehead atoms. The molecule has 0 saturated carbocycles. The summed E-state index contributed by atoms with van der Waals surface area (Å²) in [6, 6.07) is 4.38. The van der Waals surface area contributed by atoms with Crippen molar-refractivity contribution in [3.63, 3.8) is 0 Å². The Morgan fingerprint density at radius 1 is 1.42 bits per heavy atom. The van der Waals surface area contributed by atoms with Gasteiger partial charge in [0.05, 0.1) is 10.9 Å². The molecule has 0 aliphatic heterocycles. The third-order valence-corrected chi connectivity index (χ3v) is 5.16. The van der Waals surface area contributed by atoms with Crippen LogP contribution in [-0.2, 0) is 10.0 Å². The molecule has 19 heavy (non-hydrogen) atoms. The van der Waals surface area contributed by atoms with E-state index in [0.717, 1.165) is 9.87 Å². The zero-order valence-electron chi connectivity index (χ0n) is 11.5. The van der Waals surface area contributed by atoms with Gasteiger partial charge in [-0.3, -0.25) is 0 Å². The molecule has 106 valence electrons. The summed E-state index contributed by atoms with van der Waals surface area (Å²) >= 11 is 0. The Morgan fingerprint density at radius 3 is 2.47 bits per heavy atom. The van der Waals surface area contributed by atoms with Crippen molar-refractivity contribution in [1.29, 1.82) is 0 Å². The summed E-state index contributed by atoms with van der Waals surface area (Å²) in [6.07, 6.45) is 0. The largest absolute Gasteiger partial charge is 0.409 e. The van der Waals surface area contributed by atoms with Gasteiger partial charge in [-0.25, -0.2) is 8.42 Å². The fourth-order valence-corrected chi connectivity index (χ4v) is 3.26. The number of nitrogens with two attached hydrogens (primary N) is 1. The van der Waals surface area contributed by atoms with Crippen molar-refractivity contribution in [2.24, 2.45) is 10.9 Å². The summed E-state index contributed by atoms with van der Waals surface area (Å²) in [5.41, 5.74) is 7.10. The Kier molecular flexibility index (Phi) is 4.54. The molecule has 1 aromatic carbocycles. The molecule has 0 saturated heterocycles. The third kappa shape index (κ3) is 3.05. The van der Waals surface area contributed by atoms with Crippen LogP contribution in [0.2, 0.25) is 0 Å². The van der Waals surface area contributed by atoms with Gasteiger partial charge in [-0.1, -0.05) is 22.9 Å². The minimum absolute atomic E-state index is 0.157. The van der Waals surface area contributed by atoms with E-state index in [-0.39, 0.29) is 10.7 Å². The van der Waals surface area contributed by atoms with Gasteiger partial charge >= 0.3 is 0 Å². The lowest BCUT2D eigenvalue weighted by molar-refractivity contribution is 0.311. The minimum atomic E-state index is -3.68. The highest BCUT2D eigenvalue weighted by Gasteiger charge is 2.28. The first kappa shape index (κ1) is 15.5. The quantitative estimate of drug-likeness (QED) is 0.374. The van der Waals surface area contributed by atoms with Crippen molar-refractivity contribution < 1.29 is 13.6 Å². The summed E-state index contributed by atoms with van der Waals surface area (Å²) in [5, 5.41) is 11.5. The Hall–Kier alpha value is -1.60. The van der Waals surface area contributed by atoms with Crippen LogP contribution >= 0.6 is 0 Å². The maximum Gasteiger partial charge on any atom is 0.243 e. The molecule has 0 aliphatic rings. The average Bonchev–Trinajstić information content (AvgIpc) is 2.35. The molecule has 0 fully saturated rings. The molecule has 1 rings (SSSR count). The number of amidine groups is 1. The predicted octanol–water partition coefficient (Wildman–Crippen LogP) is 1.06. The lowest BCUT2D eigenvalue weighted by Gasteiger charge is -2.24. The van der Waals surface area contributed by atoms with Crippen LogP contribution in [0.3, 0.4) is 0 Å². The van der Waals surface area contributed by atoms with Crippen LogP contribution in [0, 0.1) is 13.8 Å². The van der Waals surface area contributed by atoms with E-state index < -0.39 is 16.1 Å². The molecule has 7 heteroatoms. The first-order chi connectivity index (χ1) is 8.71. The van der Waals surface area contributed by atoms with E-state index in [2.05, 4.69) is 5.16 Å². The Bertz CT molecular complexity index is 596. The van der Waals surface area contributed by atoms with E-state index in [1.165, 1.54) is 7.05 Å². The van der Waals surface area contributed by atoms with Gasteiger partial charge in [-0.05, 0) is 32.4 Å². The third-order valence-electron chi connectivity index (χ3n) is 3.08. The Labute approximate surface area is 113 Å². The number of hydrogen-bond acceptors (Lipinski definition) is 4. The van der Waals surface area contributed by atoms with Crippen LogP contribution in [0.15, 0.2) is 28.3 Å². The van der Waals surface area contributed by atoms with Crippen molar-refractivity contribution in [1.82, 2.24) is 4.31 Å². The highest BCUT2D eigenvalue weighted by Crippen LogP contribution is 2.21. The van der Waals surface area contributed by atoms with Gasteiger partial charge in [0.1, 0.15) is 0 Å². The zero-order chi connectivity index (χ0) is 14.8. The summed E-state index contributed by atoms with van der Waals surface area (Å²) in [7, 11) is -2.28. The Morgan fingerprint density at radius 2 is 2.00 bits per heavy atom. The van der Waals surface area contributed by atoms with Crippen LogP contribution in [0.1, 0.15) is 18.1 Å². The number of aryl methyl sites for hydroxylation is 2. The molecule has 3 N–H and O–H groups in total. The molecule has 6 nitrogen and oxygen atoms in total. The fraction of sp³-hybridized carbons (Fsp3) is 0.417. The first-order valence-electron chi connectivity index (χ1n) is 5.74. The summed E-state index contributed by atoms with van der Waals surface area (Å²) in [4.78, 5) is 0.221. The monoisotopic (exact) mass is 285 g/mol. The number of hydrogen-bond donors (Lipinski definition) is 2. The maximum atomic E-state index is 12.5. The second-order valence-electron chi connectivity index (χ2n) is 4.49. The molecule has 1 atom stereocenters. The fourth-order valence-electron chi connectivity index (χ4n) is 1.72. The van der Waals surface area contributed by atoms with Crippen molar-refractivity contribution in [2.75, 3.05) is 7.05 Å². The van der Waals surface area contributed by atoms with Crippen LogP contribution < -0.4 is 5.73 Å². The first-order valence-corrected chi connectivity index (χ1v) is 7.18. The van der Waals surface area contributed by atoms with E-state index in [0.29, 0.717) is 5.56 Å². The molecule has 1 unspecified atom stereocenters. The highest BCUT2D eigenvalue weighted by atomic mass is 32.2. The van der Waals surface area contributed by atoms with E-state index in [1.54, 1.807) is 32.0 Å². The predicted molar refractivity (Wildman–Crippen MR) is 73.7 cm³/mol. The van der Waals surface area contributed by atoms with Gasteiger partial charge in [0.15, 0.2) is 5.84 Å². The van der Waals surface area contributed by atoms with E-state index >= 15 is 0 Å². The van der Waals surface area contributed by atoms with E-state index in [9.17, 15) is 8.42 Å². The van der Waals surface area contributed by atoms with Crippen LogP contribution in [0.4, 0.5) is 0 Å². The topological polar surface area (TPSA) is 96.0 Å². The van der Waals surface area contributed by atoms with Crippen molar-refractivity contribution in [3.8, 4) is 0 Å². The molecule has 0 heterocycles. The number of nitrogens with zero attached hydrogens (tertiary/aromatic N) is 2. The second kappa shape index (κ2) is 5.58.